The van der Waals surface area contributed by atoms with Gasteiger partial charge in [0.25, 0.3) is 0 Å². The Kier molecular flexibility index (Phi) is 2.35. The Morgan fingerprint density at radius 1 is 1.07 bits per heavy atom. The summed E-state index contributed by atoms with van der Waals surface area (Å²) in [5.74, 6) is 6.35. The van der Waals surface area contributed by atoms with Crippen molar-refractivity contribution in [1.82, 2.24) is 0 Å². The van der Waals surface area contributed by atoms with Crippen LogP contribution < -0.4 is 0 Å². The highest BCUT2D eigenvalue weighted by Gasteiger charge is 2.53. The summed E-state index contributed by atoms with van der Waals surface area (Å²) >= 11 is 0. The third kappa shape index (κ3) is 1.32. The molecule has 2 bridgehead atoms. The summed E-state index contributed by atoms with van der Waals surface area (Å²) in [5.41, 5.74) is 0. The minimum atomic E-state index is 0.452. The van der Waals surface area contributed by atoms with Gasteiger partial charge in [0.2, 0.25) is 0 Å². The van der Waals surface area contributed by atoms with Crippen LogP contribution in [0, 0.1) is 41.4 Å². The molecule has 0 heterocycles. The van der Waals surface area contributed by atoms with Gasteiger partial charge in [-0.15, -0.1) is 0 Å². The Morgan fingerprint density at radius 2 is 1.87 bits per heavy atom. The van der Waals surface area contributed by atoms with Crippen molar-refractivity contribution in [3.63, 3.8) is 0 Å². The second kappa shape index (κ2) is 3.48. The first kappa shape index (κ1) is 10.1. The monoisotopic (exact) mass is 208 g/mol. The molecule has 7 atom stereocenters. The van der Waals surface area contributed by atoms with E-state index in [1.54, 1.807) is 0 Å². The van der Waals surface area contributed by atoms with Gasteiger partial charge in [0.05, 0.1) is 0 Å². The molecule has 4 fully saturated rings. The maximum Gasteiger partial charge on any atom is 0.0462 e. The van der Waals surface area contributed by atoms with E-state index in [1.807, 2.05) is 0 Å². The van der Waals surface area contributed by atoms with Gasteiger partial charge in [0.1, 0.15) is 0 Å². The third-order valence-corrected chi connectivity index (χ3v) is 6.05. The fraction of sp³-hybridized carbons (Fsp3) is 1.00. The number of rotatable bonds is 1. The zero-order chi connectivity index (χ0) is 10.6. The molecule has 15 heavy (non-hydrogen) atoms. The summed E-state index contributed by atoms with van der Waals surface area (Å²) < 4.78 is 0. The molecular formula is C14H24O. The Labute approximate surface area is 93.3 Å². The van der Waals surface area contributed by atoms with Gasteiger partial charge in [0.15, 0.2) is 0 Å². The topological polar surface area (TPSA) is 20.2 Å². The third-order valence-electron chi connectivity index (χ3n) is 6.05. The van der Waals surface area contributed by atoms with Crippen molar-refractivity contribution >= 4 is 0 Å². The van der Waals surface area contributed by atoms with Crippen LogP contribution in [-0.4, -0.2) is 11.7 Å². The van der Waals surface area contributed by atoms with Crippen LogP contribution in [-0.2, 0) is 0 Å². The van der Waals surface area contributed by atoms with Crippen LogP contribution in [0.15, 0.2) is 0 Å². The van der Waals surface area contributed by atoms with Crippen LogP contribution in [0.25, 0.3) is 0 Å². The van der Waals surface area contributed by atoms with Gasteiger partial charge in [-0.2, -0.15) is 0 Å². The average Bonchev–Trinajstić information content (AvgIpc) is 2.57. The molecule has 0 saturated heterocycles. The molecule has 0 spiro atoms. The molecule has 1 nitrogen and oxygen atoms in total. The van der Waals surface area contributed by atoms with E-state index in [4.69, 9.17) is 0 Å². The first-order valence-electron chi connectivity index (χ1n) is 6.83. The molecule has 0 aromatic heterocycles. The van der Waals surface area contributed by atoms with E-state index >= 15 is 0 Å². The Bertz CT molecular complexity index is 250. The molecule has 1 heteroatoms. The summed E-state index contributed by atoms with van der Waals surface area (Å²) in [5, 5.41) is 9.46. The zero-order valence-electron chi connectivity index (χ0n) is 10.0. The highest BCUT2D eigenvalue weighted by molar-refractivity contribution is 5.02. The van der Waals surface area contributed by atoms with Crippen LogP contribution in [0.1, 0.15) is 39.5 Å². The van der Waals surface area contributed by atoms with Crippen molar-refractivity contribution in [2.45, 2.75) is 39.5 Å². The van der Waals surface area contributed by atoms with Gasteiger partial charge in [-0.1, -0.05) is 13.8 Å². The number of aliphatic hydroxyl groups excluding tert-OH is 1. The van der Waals surface area contributed by atoms with E-state index in [9.17, 15) is 5.11 Å². The molecule has 7 unspecified atom stereocenters. The van der Waals surface area contributed by atoms with E-state index in [-0.39, 0.29) is 0 Å². The van der Waals surface area contributed by atoms with Gasteiger partial charge < -0.3 is 5.11 Å². The van der Waals surface area contributed by atoms with E-state index in [0.717, 1.165) is 35.5 Å². The first-order chi connectivity index (χ1) is 7.22. The van der Waals surface area contributed by atoms with E-state index in [0.29, 0.717) is 12.5 Å². The standard InChI is InChI=1S/C14H24O/c1-8-5-13-12-4-3-10(6-11(12)7-15)14(13)9(8)2/h8-15H,3-7H2,1-2H3. The Hall–Kier alpha value is -0.0400. The van der Waals surface area contributed by atoms with Gasteiger partial charge in [-0.05, 0) is 67.1 Å². The predicted octanol–water partition coefficient (Wildman–Crippen LogP) is 2.93. The van der Waals surface area contributed by atoms with Crippen molar-refractivity contribution in [1.29, 1.82) is 0 Å². The van der Waals surface area contributed by atoms with Crippen molar-refractivity contribution in [3.05, 3.63) is 0 Å². The maximum atomic E-state index is 9.46. The molecule has 4 aliphatic rings. The fourth-order valence-corrected chi connectivity index (χ4v) is 5.26. The van der Waals surface area contributed by atoms with Gasteiger partial charge in [-0.3, -0.25) is 0 Å². The van der Waals surface area contributed by atoms with Crippen molar-refractivity contribution in [3.8, 4) is 0 Å². The van der Waals surface area contributed by atoms with E-state index in [2.05, 4.69) is 13.8 Å². The number of hydrogen-bond acceptors (Lipinski definition) is 1. The van der Waals surface area contributed by atoms with Gasteiger partial charge in [0, 0.05) is 6.61 Å². The molecule has 4 rings (SSSR count). The van der Waals surface area contributed by atoms with Gasteiger partial charge >= 0.3 is 0 Å². The molecule has 0 aromatic rings. The highest BCUT2D eigenvalue weighted by atomic mass is 16.3. The molecule has 0 aromatic carbocycles. The SMILES string of the molecule is CC1CC2C3CCC(CC3CO)C2C1C. The number of fused-ring (bicyclic) bond motifs is 2. The summed E-state index contributed by atoms with van der Waals surface area (Å²) in [7, 11) is 0. The van der Waals surface area contributed by atoms with Crippen molar-refractivity contribution in [2.24, 2.45) is 41.4 Å². The van der Waals surface area contributed by atoms with Crippen LogP contribution in [0.5, 0.6) is 0 Å². The van der Waals surface area contributed by atoms with Crippen molar-refractivity contribution in [2.75, 3.05) is 6.61 Å². The summed E-state index contributed by atoms with van der Waals surface area (Å²) in [4.78, 5) is 0. The van der Waals surface area contributed by atoms with Crippen molar-refractivity contribution < 1.29 is 5.11 Å². The second-order valence-corrected chi connectivity index (χ2v) is 6.49. The lowest BCUT2D eigenvalue weighted by Crippen LogP contribution is -2.45. The minimum Gasteiger partial charge on any atom is -0.396 e. The Balaban J connectivity index is 1.87. The zero-order valence-corrected chi connectivity index (χ0v) is 10.0. The molecule has 0 radical (unpaired) electrons. The van der Waals surface area contributed by atoms with E-state index in [1.165, 1.54) is 25.7 Å². The highest BCUT2D eigenvalue weighted by Crippen LogP contribution is 2.60. The summed E-state index contributed by atoms with van der Waals surface area (Å²) in [6.07, 6.45) is 5.65. The van der Waals surface area contributed by atoms with E-state index < -0.39 is 0 Å². The molecule has 86 valence electrons. The minimum absolute atomic E-state index is 0.452. The lowest BCUT2D eigenvalue weighted by Gasteiger charge is -2.51. The maximum absolute atomic E-state index is 9.46. The van der Waals surface area contributed by atoms with Crippen LogP contribution in [0.3, 0.4) is 0 Å². The summed E-state index contributed by atoms with van der Waals surface area (Å²) in [6.45, 7) is 5.37. The number of hydrogen-bond donors (Lipinski definition) is 1. The van der Waals surface area contributed by atoms with Crippen LogP contribution >= 0.6 is 0 Å². The molecule has 4 aliphatic carbocycles. The number of aliphatic hydroxyl groups is 1. The van der Waals surface area contributed by atoms with Crippen LogP contribution in [0.2, 0.25) is 0 Å². The normalized spacial score (nSPS) is 58.2. The lowest BCUT2D eigenvalue weighted by molar-refractivity contribution is -0.0401. The smallest absolute Gasteiger partial charge is 0.0462 e. The molecule has 1 N–H and O–H groups in total. The first-order valence-corrected chi connectivity index (χ1v) is 6.83. The molecule has 0 aliphatic heterocycles. The lowest BCUT2D eigenvalue weighted by atomic mass is 9.54. The second-order valence-electron chi connectivity index (χ2n) is 6.49. The quantitative estimate of drug-likeness (QED) is 0.702. The molecule has 0 amide bonds. The molecular weight excluding hydrogens is 184 g/mol. The van der Waals surface area contributed by atoms with Crippen LogP contribution in [0.4, 0.5) is 0 Å². The van der Waals surface area contributed by atoms with Gasteiger partial charge in [-0.25, -0.2) is 0 Å². The average molecular weight is 208 g/mol. The Morgan fingerprint density at radius 3 is 2.60 bits per heavy atom. The summed E-state index contributed by atoms with van der Waals surface area (Å²) in [6, 6.07) is 0. The predicted molar refractivity (Wildman–Crippen MR) is 61.3 cm³/mol. The molecule has 4 saturated carbocycles. The fourth-order valence-electron chi connectivity index (χ4n) is 5.26. The largest absolute Gasteiger partial charge is 0.396 e.